The maximum Gasteiger partial charge on any atom is 0.0642 e. The third kappa shape index (κ3) is 2.89. The Morgan fingerprint density at radius 1 is 1.36 bits per heavy atom. The number of aryl methyl sites for hydroxylation is 1. The zero-order valence-electron chi connectivity index (χ0n) is 8.63. The number of hydrogen-bond donors (Lipinski definition) is 1. The van der Waals surface area contributed by atoms with Crippen molar-refractivity contribution in [2.75, 3.05) is 25.6 Å². The minimum absolute atomic E-state index is 0.229. The molecule has 14 heavy (non-hydrogen) atoms. The van der Waals surface area contributed by atoms with Crippen LogP contribution >= 0.6 is 11.6 Å². The highest BCUT2D eigenvalue weighted by atomic mass is 35.5. The molecular formula is C11H16ClNO. The van der Waals surface area contributed by atoms with Gasteiger partial charge in [-0.2, -0.15) is 0 Å². The van der Waals surface area contributed by atoms with Crippen LogP contribution in [0.1, 0.15) is 12.0 Å². The van der Waals surface area contributed by atoms with Crippen molar-refractivity contribution in [1.29, 1.82) is 0 Å². The Bertz CT molecular complexity index is 299. The molecule has 1 aromatic rings. The van der Waals surface area contributed by atoms with E-state index in [1.807, 2.05) is 31.1 Å². The van der Waals surface area contributed by atoms with Gasteiger partial charge in [0.25, 0.3) is 0 Å². The van der Waals surface area contributed by atoms with Gasteiger partial charge in [0, 0.05) is 20.7 Å². The average molecular weight is 214 g/mol. The number of aliphatic hydroxyl groups excluding tert-OH is 1. The predicted molar refractivity (Wildman–Crippen MR) is 61.2 cm³/mol. The van der Waals surface area contributed by atoms with E-state index in [1.54, 1.807) is 0 Å². The van der Waals surface area contributed by atoms with Gasteiger partial charge >= 0.3 is 0 Å². The Kier molecular flexibility index (Phi) is 4.23. The van der Waals surface area contributed by atoms with E-state index in [0.717, 1.165) is 23.6 Å². The lowest BCUT2D eigenvalue weighted by Crippen LogP contribution is -2.09. The van der Waals surface area contributed by atoms with Gasteiger partial charge in [-0.05, 0) is 30.5 Å². The molecule has 78 valence electrons. The van der Waals surface area contributed by atoms with E-state index in [1.165, 1.54) is 5.56 Å². The van der Waals surface area contributed by atoms with Crippen molar-refractivity contribution >= 4 is 17.3 Å². The fourth-order valence-electron chi connectivity index (χ4n) is 1.35. The number of anilines is 1. The van der Waals surface area contributed by atoms with Crippen molar-refractivity contribution in [3.63, 3.8) is 0 Å². The SMILES string of the molecule is CN(C)c1ccc(CCCO)cc1Cl. The summed E-state index contributed by atoms with van der Waals surface area (Å²) in [6.07, 6.45) is 1.67. The molecule has 0 aliphatic rings. The van der Waals surface area contributed by atoms with Gasteiger partial charge in [0.05, 0.1) is 10.7 Å². The molecule has 1 rings (SSSR count). The van der Waals surface area contributed by atoms with Crippen LogP contribution in [0, 0.1) is 0 Å². The summed E-state index contributed by atoms with van der Waals surface area (Å²) < 4.78 is 0. The molecule has 0 saturated heterocycles. The first-order chi connectivity index (χ1) is 6.65. The van der Waals surface area contributed by atoms with Crippen molar-refractivity contribution in [3.8, 4) is 0 Å². The van der Waals surface area contributed by atoms with Crippen LogP contribution in [0.3, 0.4) is 0 Å². The Balaban J connectivity index is 2.78. The highest BCUT2D eigenvalue weighted by Crippen LogP contribution is 2.25. The molecule has 0 fully saturated rings. The van der Waals surface area contributed by atoms with E-state index < -0.39 is 0 Å². The summed E-state index contributed by atoms with van der Waals surface area (Å²) >= 11 is 6.10. The molecule has 0 radical (unpaired) electrons. The number of aliphatic hydroxyl groups is 1. The van der Waals surface area contributed by atoms with Crippen molar-refractivity contribution in [2.45, 2.75) is 12.8 Å². The molecule has 3 heteroatoms. The lowest BCUT2D eigenvalue weighted by Gasteiger charge is -2.14. The zero-order chi connectivity index (χ0) is 10.6. The summed E-state index contributed by atoms with van der Waals surface area (Å²) in [6, 6.07) is 6.03. The summed E-state index contributed by atoms with van der Waals surface area (Å²) in [5.41, 5.74) is 2.20. The predicted octanol–water partition coefficient (Wildman–Crippen LogP) is 2.33. The summed E-state index contributed by atoms with van der Waals surface area (Å²) in [6.45, 7) is 0.229. The average Bonchev–Trinajstić information content (AvgIpc) is 2.14. The van der Waals surface area contributed by atoms with Gasteiger partial charge in [0.1, 0.15) is 0 Å². The second-order valence-electron chi connectivity index (χ2n) is 3.51. The molecule has 0 unspecified atom stereocenters. The van der Waals surface area contributed by atoms with Gasteiger partial charge in [0.2, 0.25) is 0 Å². The van der Waals surface area contributed by atoms with Crippen LogP contribution in [-0.2, 0) is 6.42 Å². The number of benzene rings is 1. The van der Waals surface area contributed by atoms with Gasteiger partial charge in [0.15, 0.2) is 0 Å². The Hall–Kier alpha value is -0.730. The van der Waals surface area contributed by atoms with Gasteiger partial charge < -0.3 is 10.0 Å². The lowest BCUT2D eigenvalue weighted by atomic mass is 10.1. The Morgan fingerprint density at radius 2 is 2.07 bits per heavy atom. The maximum atomic E-state index is 8.70. The smallest absolute Gasteiger partial charge is 0.0642 e. The second kappa shape index (κ2) is 5.23. The molecule has 0 amide bonds. The van der Waals surface area contributed by atoms with Crippen molar-refractivity contribution in [1.82, 2.24) is 0 Å². The fraction of sp³-hybridized carbons (Fsp3) is 0.455. The molecular weight excluding hydrogens is 198 g/mol. The molecule has 1 aromatic carbocycles. The lowest BCUT2D eigenvalue weighted by molar-refractivity contribution is 0.288. The molecule has 0 aliphatic carbocycles. The van der Waals surface area contributed by atoms with Gasteiger partial charge in [-0.3, -0.25) is 0 Å². The van der Waals surface area contributed by atoms with Crippen LogP contribution < -0.4 is 4.90 Å². The van der Waals surface area contributed by atoms with Gasteiger partial charge in [-0.1, -0.05) is 17.7 Å². The van der Waals surface area contributed by atoms with Crippen molar-refractivity contribution < 1.29 is 5.11 Å². The van der Waals surface area contributed by atoms with Crippen LogP contribution in [0.2, 0.25) is 5.02 Å². The quantitative estimate of drug-likeness (QED) is 0.830. The number of hydrogen-bond acceptors (Lipinski definition) is 2. The molecule has 0 aliphatic heterocycles. The molecule has 0 atom stereocenters. The summed E-state index contributed by atoms with van der Waals surface area (Å²) in [4.78, 5) is 1.98. The van der Waals surface area contributed by atoms with E-state index in [4.69, 9.17) is 16.7 Å². The van der Waals surface area contributed by atoms with E-state index in [0.29, 0.717) is 0 Å². The Labute approximate surface area is 90.1 Å². The summed E-state index contributed by atoms with van der Waals surface area (Å²) in [5.74, 6) is 0. The molecule has 0 bridgehead atoms. The van der Waals surface area contributed by atoms with E-state index in [9.17, 15) is 0 Å². The van der Waals surface area contributed by atoms with Gasteiger partial charge in [-0.15, -0.1) is 0 Å². The molecule has 2 nitrogen and oxygen atoms in total. The first-order valence-electron chi connectivity index (χ1n) is 4.71. The fourth-order valence-corrected chi connectivity index (χ4v) is 1.72. The zero-order valence-corrected chi connectivity index (χ0v) is 9.38. The first kappa shape index (κ1) is 11.3. The third-order valence-electron chi connectivity index (χ3n) is 2.12. The summed E-state index contributed by atoms with van der Waals surface area (Å²) in [5, 5.41) is 9.47. The van der Waals surface area contributed by atoms with E-state index >= 15 is 0 Å². The normalized spacial score (nSPS) is 10.3. The molecule has 0 saturated carbocycles. The topological polar surface area (TPSA) is 23.5 Å². The van der Waals surface area contributed by atoms with Crippen LogP contribution in [0.25, 0.3) is 0 Å². The standard InChI is InChI=1S/C11H16ClNO/c1-13(2)11-6-5-9(4-3-7-14)8-10(11)12/h5-6,8,14H,3-4,7H2,1-2H3. The highest BCUT2D eigenvalue weighted by Gasteiger charge is 2.03. The first-order valence-corrected chi connectivity index (χ1v) is 5.09. The van der Waals surface area contributed by atoms with Crippen LogP contribution in [0.5, 0.6) is 0 Å². The Morgan fingerprint density at radius 3 is 2.57 bits per heavy atom. The van der Waals surface area contributed by atoms with Crippen LogP contribution in [0.4, 0.5) is 5.69 Å². The van der Waals surface area contributed by atoms with Crippen LogP contribution in [0.15, 0.2) is 18.2 Å². The third-order valence-corrected chi connectivity index (χ3v) is 2.42. The molecule has 0 aromatic heterocycles. The summed E-state index contributed by atoms with van der Waals surface area (Å²) in [7, 11) is 3.93. The van der Waals surface area contributed by atoms with Crippen molar-refractivity contribution in [3.05, 3.63) is 28.8 Å². The van der Waals surface area contributed by atoms with Crippen LogP contribution in [-0.4, -0.2) is 25.8 Å². The monoisotopic (exact) mass is 213 g/mol. The molecule has 1 N–H and O–H groups in total. The van der Waals surface area contributed by atoms with E-state index in [-0.39, 0.29) is 6.61 Å². The maximum absolute atomic E-state index is 8.70. The second-order valence-corrected chi connectivity index (χ2v) is 3.91. The largest absolute Gasteiger partial charge is 0.396 e. The van der Waals surface area contributed by atoms with Gasteiger partial charge in [-0.25, -0.2) is 0 Å². The minimum Gasteiger partial charge on any atom is -0.396 e. The molecule has 0 spiro atoms. The number of nitrogens with zero attached hydrogens (tertiary/aromatic N) is 1. The van der Waals surface area contributed by atoms with E-state index in [2.05, 4.69) is 6.07 Å². The molecule has 0 heterocycles. The number of halogens is 1. The highest BCUT2D eigenvalue weighted by molar-refractivity contribution is 6.33. The van der Waals surface area contributed by atoms with Crippen molar-refractivity contribution in [2.24, 2.45) is 0 Å². The minimum atomic E-state index is 0.229. The number of rotatable bonds is 4.